The van der Waals surface area contributed by atoms with Gasteiger partial charge in [-0.25, -0.2) is 0 Å². The molecule has 0 radical (unpaired) electrons. The van der Waals surface area contributed by atoms with Crippen molar-refractivity contribution in [3.63, 3.8) is 0 Å². The fourth-order valence-corrected chi connectivity index (χ4v) is 4.32. The molecule has 0 heterocycles. The monoisotopic (exact) mass is 449 g/mol. The van der Waals surface area contributed by atoms with Gasteiger partial charge >= 0.3 is 5.97 Å². The van der Waals surface area contributed by atoms with Gasteiger partial charge < -0.3 is 29.8 Å². The number of ketones is 1. The minimum Gasteiger partial charge on any atom is -0.497 e. The number of methoxy groups -OCH3 is 4. The summed E-state index contributed by atoms with van der Waals surface area (Å²) in [4.78, 5) is 25.7. The van der Waals surface area contributed by atoms with Crippen LogP contribution in [0.2, 0.25) is 0 Å². The maximum absolute atomic E-state index is 13.4. The van der Waals surface area contributed by atoms with Crippen LogP contribution in [0.4, 0.5) is 0 Å². The number of hydrogen-bond acceptors (Lipinski definition) is 8. The first-order chi connectivity index (χ1) is 14.9. The van der Waals surface area contributed by atoms with Gasteiger partial charge in [-0.1, -0.05) is 6.07 Å². The van der Waals surface area contributed by atoms with Crippen molar-refractivity contribution in [2.24, 2.45) is 11.7 Å². The molecule has 2 aromatic carbocycles. The van der Waals surface area contributed by atoms with Crippen molar-refractivity contribution in [1.29, 1.82) is 0 Å². The summed E-state index contributed by atoms with van der Waals surface area (Å²) in [6, 6.07) is 9.74. The molecule has 0 aromatic heterocycles. The van der Waals surface area contributed by atoms with E-state index >= 15 is 0 Å². The van der Waals surface area contributed by atoms with Crippen molar-refractivity contribution in [2.45, 2.75) is 5.25 Å². The van der Waals surface area contributed by atoms with Crippen molar-refractivity contribution >= 4 is 23.5 Å². The first-order valence-corrected chi connectivity index (χ1v) is 10.5. The second-order valence-electron chi connectivity index (χ2n) is 6.44. The number of benzene rings is 2. The molecule has 0 aliphatic carbocycles. The van der Waals surface area contributed by atoms with Crippen molar-refractivity contribution in [3.8, 4) is 23.0 Å². The standard InChI is InChI=1S/C22H27NO7S/c1-27-14-6-7-15(17(12-14)29-3)20(24)19(22(25)26)21(31-10-9-23)13-5-8-16(28-2)18(11-13)30-4/h5-8,11-12,19,21H,9-10,23H2,1-4H3,(H,25,26). The Morgan fingerprint density at radius 3 is 2.16 bits per heavy atom. The van der Waals surface area contributed by atoms with Gasteiger partial charge in [-0.3, -0.25) is 9.59 Å². The summed E-state index contributed by atoms with van der Waals surface area (Å²) < 4.78 is 21.1. The Balaban J connectivity index is 2.56. The van der Waals surface area contributed by atoms with Gasteiger partial charge in [-0.15, -0.1) is 0 Å². The number of carboxylic acids is 1. The largest absolute Gasteiger partial charge is 0.497 e. The van der Waals surface area contributed by atoms with E-state index in [1.54, 1.807) is 30.3 Å². The first kappa shape index (κ1) is 24.4. The zero-order valence-corrected chi connectivity index (χ0v) is 18.7. The topological polar surface area (TPSA) is 117 Å². The molecule has 2 unspecified atom stereocenters. The van der Waals surface area contributed by atoms with Crippen molar-refractivity contribution in [2.75, 3.05) is 40.7 Å². The molecular weight excluding hydrogens is 422 g/mol. The predicted octanol–water partition coefficient (Wildman–Crippen LogP) is 3.04. The van der Waals surface area contributed by atoms with Gasteiger partial charge in [0.05, 0.1) is 39.3 Å². The number of aliphatic carboxylic acids is 1. The summed E-state index contributed by atoms with van der Waals surface area (Å²) >= 11 is 1.30. The first-order valence-electron chi connectivity index (χ1n) is 9.44. The predicted molar refractivity (Wildman–Crippen MR) is 119 cm³/mol. The molecule has 31 heavy (non-hydrogen) atoms. The van der Waals surface area contributed by atoms with Crippen LogP contribution in [0.1, 0.15) is 21.2 Å². The number of carbonyl (C=O) groups excluding carboxylic acids is 1. The van der Waals surface area contributed by atoms with Crippen LogP contribution in [-0.2, 0) is 4.79 Å². The second kappa shape index (κ2) is 11.5. The Labute approximate surface area is 185 Å². The average Bonchev–Trinajstić information content (AvgIpc) is 2.80. The lowest BCUT2D eigenvalue weighted by atomic mass is 9.90. The minimum atomic E-state index is -1.38. The molecule has 2 rings (SSSR count). The van der Waals surface area contributed by atoms with Crippen molar-refractivity contribution in [1.82, 2.24) is 0 Å². The lowest BCUT2D eigenvalue weighted by Crippen LogP contribution is -2.30. The molecule has 0 aliphatic rings. The van der Waals surface area contributed by atoms with Crippen LogP contribution < -0.4 is 24.7 Å². The van der Waals surface area contributed by atoms with E-state index in [9.17, 15) is 14.7 Å². The molecule has 2 atom stereocenters. The van der Waals surface area contributed by atoms with Crippen LogP contribution in [0.3, 0.4) is 0 Å². The van der Waals surface area contributed by atoms with E-state index < -0.39 is 22.9 Å². The molecule has 0 amide bonds. The molecule has 0 fully saturated rings. The highest BCUT2D eigenvalue weighted by molar-refractivity contribution is 7.99. The second-order valence-corrected chi connectivity index (χ2v) is 7.69. The number of ether oxygens (including phenoxy) is 4. The highest BCUT2D eigenvalue weighted by Crippen LogP contribution is 2.42. The lowest BCUT2D eigenvalue weighted by Gasteiger charge is -2.24. The number of thioether (sulfide) groups is 1. The summed E-state index contributed by atoms with van der Waals surface area (Å²) in [6.45, 7) is 0.334. The number of nitrogens with two attached hydrogens (primary N) is 1. The van der Waals surface area contributed by atoms with Crippen LogP contribution in [0.15, 0.2) is 36.4 Å². The summed E-state index contributed by atoms with van der Waals surface area (Å²) in [5.41, 5.74) is 6.44. The number of hydrogen-bond donors (Lipinski definition) is 2. The molecule has 0 bridgehead atoms. The van der Waals surface area contributed by atoms with E-state index in [-0.39, 0.29) is 11.3 Å². The number of Topliss-reactive ketones (excluding diaryl/α,β-unsaturated/α-hetero) is 1. The van der Waals surface area contributed by atoms with Crippen LogP contribution in [0, 0.1) is 5.92 Å². The van der Waals surface area contributed by atoms with Gasteiger partial charge in [0.1, 0.15) is 17.4 Å². The molecular formula is C22H27NO7S. The van der Waals surface area contributed by atoms with E-state index in [1.807, 2.05) is 0 Å². The SMILES string of the molecule is COc1ccc(C(=O)C(C(=O)O)C(SCCN)c2ccc(OC)c(OC)c2)c(OC)c1. The fourth-order valence-electron chi connectivity index (χ4n) is 3.16. The highest BCUT2D eigenvalue weighted by atomic mass is 32.2. The van der Waals surface area contributed by atoms with Crippen LogP contribution >= 0.6 is 11.8 Å². The molecule has 3 N–H and O–H groups in total. The number of rotatable bonds is 12. The lowest BCUT2D eigenvalue weighted by molar-refractivity contribution is -0.140. The van der Waals surface area contributed by atoms with E-state index in [0.29, 0.717) is 35.1 Å². The zero-order valence-electron chi connectivity index (χ0n) is 17.9. The fraction of sp³-hybridized carbons (Fsp3) is 0.364. The molecule has 2 aromatic rings. The Morgan fingerprint density at radius 1 is 0.935 bits per heavy atom. The number of carbonyl (C=O) groups is 2. The normalized spacial score (nSPS) is 12.5. The van der Waals surface area contributed by atoms with E-state index in [0.717, 1.165) is 0 Å². The average molecular weight is 450 g/mol. The van der Waals surface area contributed by atoms with E-state index in [2.05, 4.69) is 0 Å². The smallest absolute Gasteiger partial charge is 0.315 e. The molecule has 0 aliphatic heterocycles. The summed E-state index contributed by atoms with van der Waals surface area (Å²) in [5, 5.41) is 9.33. The maximum Gasteiger partial charge on any atom is 0.315 e. The van der Waals surface area contributed by atoms with Gasteiger partial charge in [0.15, 0.2) is 17.3 Å². The van der Waals surface area contributed by atoms with Gasteiger partial charge in [-0.05, 0) is 29.8 Å². The van der Waals surface area contributed by atoms with Gasteiger partial charge in [0, 0.05) is 18.4 Å². The summed E-state index contributed by atoms with van der Waals surface area (Å²) in [5.74, 6) is -1.04. The van der Waals surface area contributed by atoms with Crippen molar-refractivity contribution in [3.05, 3.63) is 47.5 Å². The summed E-state index contributed by atoms with van der Waals surface area (Å²) in [6.07, 6.45) is 0. The molecule has 8 nitrogen and oxygen atoms in total. The van der Waals surface area contributed by atoms with Gasteiger partial charge in [0.25, 0.3) is 0 Å². The number of carboxylic acid groups (broad SMARTS) is 1. The Kier molecular flexibility index (Phi) is 9.02. The zero-order chi connectivity index (χ0) is 23.0. The molecule has 0 saturated heterocycles. The third-order valence-corrected chi connectivity index (χ3v) is 6.05. The maximum atomic E-state index is 13.4. The quantitative estimate of drug-likeness (QED) is 0.372. The highest BCUT2D eigenvalue weighted by Gasteiger charge is 2.38. The van der Waals surface area contributed by atoms with Crippen LogP contribution in [0.5, 0.6) is 23.0 Å². The third kappa shape index (κ3) is 5.62. The van der Waals surface area contributed by atoms with E-state index in [1.165, 1.54) is 46.3 Å². The Bertz CT molecular complexity index is 919. The third-order valence-electron chi connectivity index (χ3n) is 4.68. The molecule has 0 spiro atoms. The van der Waals surface area contributed by atoms with Crippen molar-refractivity contribution < 1.29 is 33.6 Å². The van der Waals surface area contributed by atoms with Crippen LogP contribution in [-0.4, -0.2) is 57.6 Å². The minimum absolute atomic E-state index is 0.162. The molecule has 168 valence electrons. The molecule has 9 heteroatoms. The molecule has 0 saturated carbocycles. The van der Waals surface area contributed by atoms with Gasteiger partial charge in [-0.2, -0.15) is 11.8 Å². The van der Waals surface area contributed by atoms with E-state index in [4.69, 9.17) is 24.7 Å². The van der Waals surface area contributed by atoms with Gasteiger partial charge in [0.2, 0.25) is 0 Å². The Morgan fingerprint density at radius 2 is 1.61 bits per heavy atom. The van der Waals surface area contributed by atoms with Crippen LogP contribution in [0.25, 0.3) is 0 Å². The Hall–Kier alpha value is -2.91. The summed E-state index contributed by atoms with van der Waals surface area (Å²) in [7, 11) is 5.91.